The molecule has 1 unspecified atom stereocenters. The SMILES string of the molecule is Cc1cc(OCC(C)C)ccc1/C([O-])=C1\C(=O)C(=O)N(Cc2ccc[nH+]c2)C1c1ccc(Cl)c(Cl)c1. The highest BCUT2D eigenvalue weighted by Gasteiger charge is 2.44. The average molecular weight is 525 g/mol. The number of pyridine rings is 1. The number of aromatic nitrogens is 1. The second kappa shape index (κ2) is 10.7. The largest absolute Gasteiger partial charge is 0.872 e. The average Bonchev–Trinajstić information content (AvgIpc) is 3.09. The molecule has 1 atom stereocenters. The number of ketones is 1. The van der Waals surface area contributed by atoms with E-state index in [9.17, 15) is 14.7 Å². The maximum atomic E-state index is 13.8. The number of rotatable bonds is 7. The van der Waals surface area contributed by atoms with Gasteiger partial charge in [-0.2, -0.15) is 0 Å². The minimum Gasteiger partial charge on any atom is -0.872 e. The molecule has 0 bridgehead atoms. The summed E-state index contributed by atoms with van der Waals surface area (Å²) in [6.07, 6.45) is 3.48. The topological polar surface area (TPSA) is 83.8 Å². The molecule has 8 heteroatoms. The fraction of sp³-hybridized carbons (Fsp3) is 0.250. The van der Waals surface area contributed by atoms with Crippen molar-refractivity contribution in [2.24, 2.45) is 5.92 Å². The lowest BCUT2D eigenvalue weighted by molar-refractivity contribution is -0.378. The maximum absolute atomic E-state index is 13.8. The Morgan fingerprint density at radius 2 is 1.89 bits per heavy atom. The molecule has 36 heavy (non-hydrogen) atoms. The molecule has 1 saturated heterocycles. The molecular formula is C28H26Cl2N2O4. The van der Waals surface area contributed by atoms with Gasteiger partial charge in [0, 0.05) is 17.2 Å². The summed E-state index contributed by atoms with van der Waals surface area (Å²) in [5.41, 5.74) is 2.18. The van der Waals surface area contributed by atoms with Crippen molar-refractivity contribution in [2.75, 3.05) is 6.61 Å². The van der Waals surface area contributed by atoms with Crippen LogP contribution in [0.2, 0.25) is 10.0 Å². The summed E-state index contributed by atoms with van der Waals surface area (Å²) in [6, 6.07) is 12.7. The normalized spacial score (nSPS) is 17.2. The number of nitrogens with zero attached hydrogens (tertiary/aromatic N) is 1. The van der Waals surface area contributed by atoms with Gasteiger partial charge in [0.1, 0.15) is 5.75 Å². The van der Waals surface area contributed by atoms with E-state index in [-0.39, 0.29) is 17.1 Å². The predicted molar refractivity (Wildman–Crippen MR) is 136 cm³/mol. The third-order valence-electron chi connectivity index (χ3n) is 5.94. The van der Waals surface area contributed by atoms with Crippen LogP contribution in [0.1, 0.15) is 42.1 Å². The van der Waals surface area contributed by atoms with Gasteiger partial charge >= 0.3 is 0 Å². The molecule has 2 heterocycles. The number of halogens is 2. The van der Waals surface area contributed by atoms with Crippen molar-refractivity contribution in [1.82, 2.24) is 4.90 Å². The van der Waals surface area contributed by atoms with Crippen molar-refractivity contribution >= 4 is 40.7 Å². The van der Waals surface area contributed by atoms with E-state index in [2.05, 4.69) is 4.98 Å². The molecular weight excluding hydrogens is 499 g/mol. The van der Waals surface area contributed by atoms with Crippen molar-refractivity contribution in [3.63, 3.8) is 0 Å². The molecule has 1 fully saturated rings. The van der Waals surface area contributed by atoms with Gasteiger partial charge in [-0.3, -0.25) is 9.59 Å². The monoisotopic (exact) mass is 524 g/mol. The summed E-state index contributed by atoms with van der Waals surface area (Å²) in [4.78, 5) is 30.8. The van der Waals surface area contributed by atoms with Gasteiger partial charge in [-0.1, -0.05) is 54.9 Å². The first-order valence-electron chi connectivity index (χ1n) is 11.6. The smallest absolute Gasteiger partial charge is 0.295 e. The molecule has 4 rings (SSSR count). The first kappa shape index (κ1) is 25.7. The highest BCUT2D eigenvalue weighted by atomic mass is 35.5. The summed E-state index contributed by atoms with van der Waals surface area (Å²) >= 11 is 12.4. The number of Topliss-reactive ketones (excluding diaryl/α,β-unsaturated/α-hetero) is 1. The standard InChI is InChI=1S/C28H26Cl2N2O4/c1-16(2)15-36-20-7-8-21(17(3)11-20)26(33)24-25(19-6-9-22(29)23(30)12-19)32(28(35)27(24)34)14-18-5-4-10-31-13-18/h4-13,16,25,33H,14-15H2,1-3H3/b26-24+. The zero-order valence-electron chi connectivity index (χ0n) is 20.2. The Morgan fingerprint density at radius 3 is 2.53 bits per heavy atom. The van der Waals surface area contributed by atoms with Crippen LogP contribution in [0, 0.1) is 12.8 Å². The lowest BCUT2D eigenvalue weighted by Gasteiger charge is -2.28. The fourth-order valence-corrected chi connectivity index (χ4v) is 4.48. The molecule has 1 aliphatic heterocycles. The number of nitrogens with one attached hydrogen (secondary N) is 1. The maximum Gasteiger partial charge on any atom is 0.295 e. The van der Waals surface area contributed by atoms with E-state index in [4.69, 9.17) is 27.9 Å². The highest BCUT2D eigenvalue weighted by Crippen LogP contribution is 2.41. The van der Waals surface area contributed by atoms with E-state index in [0.717, 1.165) is 5.56 Å². The number of amides is 1. The molecule has 0 saturated carbocycles. The third-order valence-corrected chi connectivity index (χ3v) is 6.68. The van der Waals surface area contributed by atoms with Crippen molar-refractivity contribution in [2.45, 2.75) is 33.4 Å². The van der Waals surface area contributed by atoms with Gasteiger partial charge in [-0.15, -0.1) is 0 Å². The molecule has 2 aromatic carbocycles. The van der Waals surface area contributed by atoms with Crippen LogP contribution in [0.15, 0.2) is 66.5 Å². The van der Waals surface area contributed by atoms with Gasteiger partial charge in [0.2, 0.25) is 5.78 Å². The quantitative estimate of drug-likeness (QED) is 0.257. The van der Waals surface area contributed by atoms with Crippen LogP contribution < -0.4 is 14.8 Å². The number of ether oxygens (including phenoxy) is 1. The Labute approximate surface area is 220 Å². The molecule has 1 aliphatic rings. The zero-order chi connectivity index (χ0) is 26.0. The number of likely N-dealkylation sites (tertiary alicyclic amines) is 1. The predicted octanol–water partition coefficient (Wildman–Crippen LogP) is 4.57. The number of H-pyrrole nitrogens is 1. The van der Waals surface area contributed by atoms with Crippen LogP contribution >= 0.6 is 23.2 Å². The molecule has 6 nitrogen and oxygen atoms in total. The second-order valence-electron chi connectivity index (χ2n) is 9.17. The van der Waals surface area contributed by atoms with E-state index in [0.29, 0.717) is 40.0 Å². The van der Waals surface area contributed by atoms with Crippen LogP contribution in [-0.4, -0.2) is 23.2 Å². The summed E-state index contributed by atoms with van der Waals surface area (Å²) in [7, 11) is 0. The minimum atomic E-state index is -0.913. The van der Waals surface area contributed by atoms with Crippen molar-refractivity contribution in [1.29, 1.82) is 0 Å². The van der Waals surface area contributed by atoms with E-state index in [1.807, 2.05) is 19.9 Å². The van der Waals surface area contributed by atoms with Crippen LogP contribution in [-0.2, 0) is 16.1 Å². The lowest BCUT2D eigenvalue weighted by atomic mass is 9.93. The summed E-state index contributed by atoms with van der Waals surface area (Å²) < 4.78 is 5.77. The van der Waals surface area contributed by atoms with E-state index in [1.165, 1.54) is 4.90 Å². The number of benzene rings is 2. The van der Waals surface area contributed by atoms with E-state index in [1.54, 1.807) is 61.8 Å². The molecule has 1 aromatic heterocycles. The number of aryl methyl sites for hydroxylation is 1. The van der Waals surface area contributed by atoms with Gasteiger partial charge < -0.3 is 14.7 Å². The highest BCUT2D eigenvalue weighted by molar-refractivity contribution is 6.46. The van der Waals surface area contributed by atoms with Gasteiger partial charge in [-0.05, 0) is 59.9 Å². The molecule has 1 amide bonds. The van der Waals surface area contributed by atoms with Crippen molar-refractivity contribution < 1.29 is 24.4 Å². The Bertz CT molecular complexity index is 1340. The Hall–Kier alpha value is -3.35. The molecule has 3 aromatic rings. The second-order valence-corrected chi connectivity index (χ2v) is 9.99. The molecule has 0 radical (unpaired) electrons. The number of carbonyl (C=O) groups is 2. The first-order chi connectivity index (χ1) is 17.2. The number of hydrogen-bond donors (Lipinski definition) is 0. The Balaban J connectivity index is 1.82. The van der Waals surface area contributed by atoms with E-state index >= 15 is 0 Å². The molecule has 186 valence electrons. The van der Waals surface area contributed by atoms with Crippen LogP contribution in [0.4, 0.5) is 0 Å². The van der Waals surface area contributed by atoms with Gasteiger partial charge in [-0.25, -0.2) is 4.98 Å². The van der Waals surface area contributed by atoms with Crippen LogP contribution in [0.3, 0.4) is 0 Å². The van der Waals surface area contributed by atoms with Crippen molar-refractivity contribution in [3.05, 3.63) is 98.8 Å². The van der Waals surface area contributed by atoms with Crippen molar-refractivity contribution in [3.8, 4) is 5.75 Å². The molecule has 0 spiro atoms. The molecule has 1 N–H and O–H groups in total. The number of carbonyl (C=O) groups excluding carboxylic acids is 2. The van der Waals surface area contributed by atoms with Crippen LogP contribution in [0.5, 0.6) is 5.75 Å². The summed E-state index contributed by atoms with van der Waals surface area (Å²) in [5.74, 6) is -1.08. The fourth-order valence-electron chi connectivity index (χ4n) is 4.18. The van der Waals surface area contributed by atoms with Gasteiger partial charge in [0.05, 0.1) is 29.2 Å². The Kier molecular flexibility index (Phi) is 7.67. The van der Waals surface area contributed by atoms with E-state index < -0.39 is 23.5 Å². The van der Waals surface area contributed by atoms with Gasteiger partial charge in [0.25, 0.3) is 5.91 Å². The third kappa shape index (κ3) is 5.25. The summed E-state index contributed by atoms with van der Waals surface area (Å²) in [5, 5.41) is 14.4. The summed E-state index contributed by atoms with van der Waals surface area (Å²) in [6.45, 7) is 6.55. The minimum absolute atomic E-state index is 0.114. The van der Waals surface area contributed by atoms with Gasteiger partial charge in [0.15, 0.2) is 12.4 Å². The zero-order valence-corrected chi connectivity index (χ0v) is 21.7. The van der Waals surface area contributed by atoms with Crippen LogP contribution in [0.25, 0.3) is 5.76 Å². The number of hydrogen-bond acceptors (Lipinski definition) is 4. The molecule has 0 aliphatic carbocycles. The lowest BCUT2D eigenvalue weighted by Crippen LogP contribution is -2.29. The Morgan fingerprint density at radius 1 is 1.11 bits per heavy atom. The first-order valence-corrected chi connectivity index (χ1v) is 12.3. The number of aromatic amines is 1.